The maximum atomic E-state index is 10.3. The number of aliphatic carboxylic acids is 1. The lowest BCUT2D eigenvalue weighted by molar-refractivity contribution is -0.137. The maximum absolute atomic E-state index is 10.3. The summed E-state index contributed by atoms with van der Waals surface area (Å²) >= 11 is 0. The van der Waals surface area contributed by atoms with Crippen LogP contribution in [0.2, 0.25) is 0 Å². The van der Waals surface area contributed by atoms with Crippen LogP contribution in [0.15, 0.2) is 16.5 Å². The molecular weight excluding hydrogens is 194 g/mol. The molecule has 0 saturated heterocycles. The highest BCUT2D eigenvalue weighted by Crippen LogP contribution is 2.16. The lowest BCUT2D eigenvalue weighted by atomic mass is 10.2. The third kappa shape index (κ3) is 4.06. The second kappa shape index (κ2) is 5.44. The zero-order valence-corrected chi connectivity index (χ0v) is 9.19. The zero-order valence-electron chi connectivity index (χ0n) is 9.19. The first-order valence-corrected chi connectivity index (χ1v) is 5.09. The van der Waals surface area contributed by atoms with Crippen LogP contribution < -0.4 is 4.90 Å². The lowest BCUT2D eigenvalue weighted by Gasteiger charge is -2.15. The number of carboxylic acid groups (broad SMARTS) is 1. The van der Waals surface area contributed by atoms with Gasteiger partial charge in [0, 0.05) is 26.1 Å². The molecule has 1 aromatic rings. The van der Waals surface area contributed by atoms with E-state index in [0.717, 1.165) is 24.6 Å². The topological polar surface area (TPSA) is 53.7 Å². The van der Waals surface area contributed by atoms with Crippen LogP contribution >= 0.6 is 0 Å². The first kappa shape index (κ1) is 11.6. The van der Waals surface area contributed by atoms with E-state index >= 15 is 0 Å². The number of hydrogen-bond acceptors (Lipinski definition) is 3. The summed E-state index contributed by atoms with van der Waals surface area (Å²) in [5, 5.41) is 8.47. The third-order valence-corrected chi connectivity index (χ3v) is 2.24. The number of carboxylic acids is 1. The molecule has 0 unspecified atom stereocenters. The number of hydrogen-bond donors (Lipinski definition) is 1. The van der Waals surface area contributed by atoms with E-state index in [-0.39, 0.29) is 6.42 Å². The Morgan fingerprint density at radius 2 is 2.20 bits per heavy atom. The van der Waals surface area contributed by atoms with Crippen molar-refractivity contribution in [2.24, 2.45) is 0 Å². The molecule has 0 aliphatic heterocycles. The average Bonchev–Trinajstić information content (AvgIpc) is 2.59. The number of furan rings is 1. The van der Waals surface area contributed by atoms with Crippen molar-refractivity contribution in [1.29, 1.82) is 0 Å². The van der Waals surface area contributed by atoms with Gasteiger partial charge in [0.1, 0.15) is 5.76 Å². The molecule has 15 heavy (non-hydrogen) atoms. The highest BCUT2D eigenvalue weighted by Gasteiger charge is 2.05. The maximum Gasteiger partial charge on any atom is 0.303 e. The quantitative estimate of drug-likeness (QED) is 0.733. The van der Waals surface area contributed by atoms with E-state index in [4.69, 9.17) is 9.52 Å². The number of nitrogens with zero attached hydrogens (tertiary/aromatic N) is 1. The van der Waals surface area contributed by atoms with E-state index in [2.05, 4.69) is 0 Å². The van der Waals surface area contributed by atoms with E-state index in [1.807, 2.05) is 31.0 Å². The van der Waals surface area contributed by atoms with Gasteiger partial charge in [0.15, 0.2) is 5.88 Å². The summed E-state index contributed by atoms with van der Waals surface area (Å²) < 4.78 is 5.43. The van der Waals surface area contributed by atoms with Crippen LogP contribution in [-0.4, -0.2) is 24.7 Å². The van der Waals surface area contributed by atoms with E-state index < -0.39 is 5.97 Å². The zero-order chi connectivity index (χ0) is 11.3. The molecule has 1 rings (SSSR count). The van der Waals surface area contributed by atoms with Gasteiger partial charge in [0.25, 0.3) is 0 Å². The predicted octanol–water partition coefficient (Wildman–Crippen LogP) is 2.28. The number of aryl methyl sites for hydroxylation is 1. The molecule has 1 N–H and O–H groups in total. The van der Waals surface area contributed by atoms with Crippen LogP contribution in [0.5, 0.6) is 0 Å². The van der Waals surface area contributed by atoms with Crippen LogP contribution in [0.3, 0.4) is 0 Å². The summed E-state index contributed by atoms with van der Waals surface area (Å²) in [5.41, 5.74) is 0. The Morgan fingerprint density at radius 1 is 1.47 bits per heavy atom. The van der Waals surface area contributed by atoms with Gasteiger partial charge in [-0.2, -0.15) is 0 Å². The summed E-state index contributed by atoms with van der Waals surface area (Å²) in [4.78, 5) is 12.3. The molecule has 0 atom stereocenters. The minimum Gasteiger partial charge on any atom is -0.481 e. The fraction of sp³-hybridized carbons (Fsp3) is 0.545. The van der Waals surface area contributed by atoms with Crippen molar-refractivity contribution in [3.8, 4) is 0 Å². The van der Waals surface area contributed by atoms with Crippen molar-refractivity contribution >= 4 is 11.9 Å². The first-order valence-electron chi connectivity index (χ1n) is 5.09. The average molecular weight is 211 g/mol. The molecule has 0 spiro atoms. The van der Waals surface area contributed by atoms with Crippen LogP contribution in [0.25, 0.3) is 0 Å². The number of rotatable bonds is 6. The molecule has 0 aliphatic carbocycles. The molecule has 0 aliphatic rings. The number of carbonyl (C=O) groups is 1. The molecule has 0 fully saturated rings. The molecular formula is C11H17NO3. The van der Waals surface area contributed by atoms with Crippen molar-refractivity contribution < 1.29 is 14.3 Å². The summed E-state index contributed by atoms with van der Waals surface area (Å²) in [6.45, 7) is 2.72. The first-order chi connectivity index (χ1) is 7.09. The van der Waals surface area contributed by atoms with Crippen molar-refractivity contribution in [1.82, 2.24) is 0 Å². The third-order valence-electron chi connectivity index (χ3n) is 2.24. The molecule has 0 bridgehead atoms. The monoisotopic (exact) mass is 211 g/mol. The second-order valence-corrected chi connectivity index (χ2v) is 3.66. The number of unbranched alkanes of at least 4 members (excludes halogenated alkanes) is 1. The summed E-state index contributed by atoms with van der Waals surface area (Å²) in [6.07, 6.45) is 1.81. The van der Waals surface area contributed by atoms with E-state index in [9.17, 15) is 4.79 Å². The Morgan fingerprint density at radius 3 is 2.73 bits per heavy atom. The van der Waals surface area contributed by atoms with E-state index in [1.54, 1.807) is 0 Å². The highest BCUT2D eigenvalue weighted by molar-refractivity contribution is 5.66. The fourth-order valence-corrected chi connectivity index (χ4v) is 1.36. The van der Waals surface area contributed by atoms with Gasteiger partial charge >= 0.3 is 5.97 Å². The normalized spacial score (nSPS) is 10.3. The van der Waals surface area contributed by atoms with Crippen LogP contribution in [0.4, 0.5) is 5.88 Å². The minimum atomic E-state index is -0.730. The Bertz CT molecular complexity index is 319. The largest absolute Gasteiger partial charge is 0.481 e. The van der Waals surface area contributed by atoms with Crippen molar-refractivity contribution in [3.63, 3.8) is 0 Å². The predicted molar refractivity (Wildman–Crippen MR) is 58.2 cm³/mol. The summed E-state index contributed by atoms with van der Waals surface area (Å²) in [7, 11) is 1.94. The van der Waals surface area contributed by atoms with Gasteiger partial charge in [0.2, 0.25) is 0 Å². The number of anilines is 1. The molecule has 0 aromatic carbocycles. The van der Waals surface area contributed by atoms with Gasteiger partial charge in [0.05, 0.1) is 0 Å². The van der Waals surface area contributed by atoms with Gasteiger partial charge in [-0.15, -0.1) is 0 Å². The van der Waals surface area contributed by atoms with Gasteiger partial charge in [-0.1, -0.05) is 0 Å². The Hall–Kier alpha value is -1.45. The van der Waals surface area contributed by atoms with Gasteiger partial charge < -0.3 is 14.4 Å². The van der Waals surface area contributed by atoms with Crippen molar-refractivity contribution in [2.75, 3.05) is 18.5 Å². The smallest absolute Gasteiger partial charge is 0.303 e. The van der Waals surface area contributed by atoms with Crippen molar-refractivity contribution in [3.05, 3.63) is 17.9 Å². The van der Waals surface area contributed by atoms with Gasteiger partial charge in [-0.3, -0.25) is 4.79 Å². The molecule has 1 heterocycles. The molecule has 0 saturated carbocycles. The molecule has 1 aromatic heterocycles. The minimum absolute atomic E-state index is 0.241. The Balaban J connectivity index is 2.24. The van der Waals surface area contributed by atoms with Crippen LogP contribution in [0.1, 0.15) is 25.0 Å². The molecule has 4 nitrogen and oxygen atoms in total. The van der Waals surface area contributed by atoms with Crippen LogP contribution in [0, 0.1) is 6.92 Å². The van der Waals surface area contributed by atoms with Gasteiger partial charge in [-0.25, -0.2) is 0 Å². The Labute approximate surface area is 89.5 Å². The van der Waals surface area contributed by atoms with Crippen LogP contribution in [-0.2, 0) is 4.79 Å². The van der Waals surface area contributed by atoms with E-state index in [1.165, 1.54) is 0 Å². The Kier molecular flexibility index (Phi) is 4.21. The molecule has 4 heteroatoms. The summed E-state index contributed by atoms with van der Waals surface area (Å²) in [5.74, 6) is 0.997. The van der Waals surface area contributed by atoms with E-state index in [0.29, 0.717) is 6.42 Å². The second-order valence-electron chi connectivity index (χ2n) is 3.66. The molecule has 0 amide bonds. The van der Waals surface area contributed by atoms with Crippen molar-refractivity contribution in [2.45, 2.75) is 26.2 Å². The lowest BCUT2D eigenvalue weighted by Crippen LogP contribution is -2.17. The SMILES string of the molecule is Cc1ccc(N(C)CCCCC(=O)O)o1. The summed E-state index contributed by atoms with van der Waals surface area (Å²) in [6, 6.07) is 3.84. The molecule has 0 radical (unpaired) electrons. The highest BCUT2D eigenvalue weighted by atomic mass is 16.4. The van der Waals surface area contributed by atoms with Gasteiger partial charge in [-0.05, 0) is 25.8 Å². The fourth-order valence-electron chi connectivity index (χ4n) is 1.36. The standard InChI is InChI=1S/C11H17NO3/c1-9-6-7-10(15-9)12(2)8-4-3-5-11(13)14/h6-7H,3-5,8H2,1-2H3,(H,13,14). The molecule has 84 valence electrons.